The van der Waals surface area contributed by atoms with Gasteiger partial charge in [-0.3, -0.25) is 0 Å². The maximum atomic E-state index is 5.40. The molecule has 0 aliphatic rings. The van der Waals surface area contributed by atoms with Gasteiger partial charge in [0, 0.05) is 10.3 Å². The molecule has 1 aromatic heterocycles. The van der Waals surface area contributed by atoms with Crippen LogP contribution in [0.3, 0.4) is 0 Å². The van der Waals surface area contributed by atoms with E-state index in [9.17, 15) is 0 Å². The average Bonchev–Trinajstić information content (AvgIpc) is 2.94. The summed E-state index contributed by atoms with van der Waals surface area (Å²) in [6.45, 7) is 6.63. The summed E-state index contributed by atoms with van der Waals surface area (Å²) in [6.07, 6.45) is 2.04. The maximum absolute atomic E-state index is 5.40. The topological polar surface area (TPSA) is 60.2 Å². The number of nitrogens with one attached hydrogen (secondary N) is 1. The lowest BCUT2D eigenvalue weighted by Gasteiger charge is -2.11. The molecule has 1 aromatic carbocycles. The van der Waals surface area contributed by atoms with Crippen LogP contribution in [-0.2, 0) is 12.0 Å². The van der Waals surface area contributed by atoms with Crippen LogP contribution in [-0.4, -0.2) is 23.5 Å². The van der Waals surface area contributed by atoms with Gasteiger partial charge in [0.15, 0.2) is 5.82 Å². The largest absolute Gasteiger partial charge is 0.495 e. The van der Waals surface area contributed by atoms with Crippen LogP contribution >= 0.6 is 11.8 Å². The van der Waals surface area contributed by atoms with Crippen LogP contribution in [0, 0.1) is 0 Å². The Morgan fingerprint density at radius 2 is 2.10 bits per heavy atom. The molecule has 1 N–H and O–H groups in total. The quantitative estimate of drug-likeness (QED) is 0.850. The molecule has 0 bridgehead atoms. The predicted octanol–water partition coefficient (Wildman–Crippen LogP) is 3.71. The first-order chi connectivity index (χ1) is 9.94. The first-order valence-electron chi connectivity index (χ1n) is 6.73. The second-order valence-electron chi connectivity index (χ2n) is 5.69. The van der Waals surface area contributed by atoms with Crippen molar-refractivity contribution in [3.8, 4) is 5.75 Å². The molecule has 21 heavy (non-hydrogen) atoms. The standard InChI is InChI=1S/C15H21N3O2S/c1-15(2,3)14-17-13(18-20-14)9-16-11-7-6-10(21-5)8-12(11)19-4/h6-8,16H,9H2,1-5H3. The highest BCUT2D eigenvalue weighted by atomic mass is 32.2. The molecule has 1 heterocycles. The van der Waals surface area contributed by atoms with Gasteiger partial charge in [-0.25, -0.2) is 0 Å². The molecule has 6 heteroatoms. The Morgan fingerprint density at radius 3 is 2.67 bits per heavy atom. The minimum Gasteiger partial charge on any atom is -0.495 e. The zero-order valence-corrected chi connectivity index (χ0v) is 13.9. The Balaban J connectivity index is 2.08. The molecule has 0 aliphatic carbocycles. The lowest BCUT2D eigenvalue weighted by Crippen LogP contribution is -2.12. The summed E-state index contributed by atoms with van der Waals surface area (Å²) >= 11 is 1.68. The van der Waals surface area contributed by atoms with Gasteiger partial charge in [-0.2, -0.15) is 4.98 Å². The van der Waals surface area contributed by atoms with E-state index in [2.05, 4.69) is 15.5 Å². The van der Waals surface area contributed by atoms with Gasteiger partial charge in [-0.1, -0.05) is 25.9 Å². The third-order valence-corrected chi connectivity index (χ3v) is 3.68. The van der Waals surface area contributed by atoms with Gasteiger partial charge in [0.1, 0.15) is 5.75 Å². The number of aromatic nitrogens is 2. The van der Waals surface area contributed by atoms with Crippen LogP contribution in [0.25, 0.3) is 0 Å². The number of benzene rings is 1. The molecule has 0 unspecified atom stereocenters. The van der Waals surface area contributed by atoms with Crippen molar-refractivity contribution in [1.82, 2.24) is 10.1 Å². The lowest BCUT2D eigenvalue weighted by molar-refractivity contribution is 0.318. The van der Waals surface area contributed by atoms with Gasteiger partial charge < -0.3 is 14.6 Å². The summed E-state index contributed by atoms with van der Waals surface area (Å²) in [5.41, 5.74) is 0.778. The first-order valence-corrected chi connectivity index (χ1v) is 7.95. The van der Waals surface area contributed by atoms with E-state index in [0.29, 0.717) is 18.3 Å². The summed E-state index contributed by atoms with van der Waals surface area (Å²) in [5, 5.41) is 7.27. The van der Waals surface area contributed by atoms with Crippen LogP contribution < -0.4 is 10.1 Å². The number of rotatable bonds is 5. The van der Waals surface area contributed by atoms with E-state index in [4.69, 9.17) is 9.26 Å². The smallest absolute Gasteiger partial charge is 0.232 e. The highest BCUT2D eigenvalue weighted by molar-refractivity contribution is 7.98. The molecular formula is C15H21N3O2S. The van der Waals surface area contributed by atoms with E-state index >= 15 is 0 Å². The number of hydrogen-bond acceptors (Lipinski definition) is 6. The van der Waals surface area contributed by atoms with E-state index in [1.54, 1.807) is 18.9 Å². The number of nitrogens with zero attached hydrogens (tertiary/aromatic N) is 2. The molecule has 0 saturated heterocycles. The summed E-state index contributed by atoms with van der Waals surface area (Å²) < 4.78 is 10.7. The van der Waals surface area contributed by atoms with Crippen molar-refractivity contribution in [3.05, 3.63) is 29.9 Å². The van der Waals surface area contributed by atoms with Crippen molar-refractivity contribution in [2.75, 3.05) is 18.7 Å². The van der Waals surface area contributed by atoms with E-state index in [1.165, 1.54) is 0 Å². The predicted molar refractivity (Wildman–Crippen MR) is 85.1 cm³/mol. The molecule has 2 aromatic rings. The second kappa shape index (κ2) is 6.39. The molecule has 0 amide bonds. The fourth-order valence-corrected chi connectivity index (χ4v) is 2.18. The molecule has 2 rings (SSSR count). The van der Waals surface area contributed by atoms with E-state index in [-0.39, 0.29) is 5.41 Å². The Labute approximate surface area is 129 Å². The fraction of sp³-hybridized carbons (Fsp3) is 0.467. The Kier molecular flexibility index (Phi) is 4.77. The fourth-order valence-electron chi connectivity index (χ4n) is 1.75. The van der Waals surface area contributed by atoms with Crippen molar-refractivity contribution in [2.24, 2.45) is 0 Å². The molecule has 0 fully saturated rings. The number of hydrogen-bond donors (Lipinski definition) is 1. The van der Waals surface area contributed by atoms with Gasteiger partial charge in [-0.15, -0.1) is 11.8 Å². The average molecular weight is 307 g/mol. The van der Waals surface area contributed by atoms with Crippen LogP contribution in [0.5, 0.6) is 5.75 Å². The number of anilines is 1. The molecule has 0 atom stereocenters. The maximum Gasteiger partial charge on any atom is 0.232 e. The van der Waals surface area contributed by atoms with Crippen LogP contribution in [0.2, 0.25) is 0 Å². The van der Waals surface area contributed by atoms with Crippen LogP contribution in [0.15, 0.2) is 27.6 Å². The highest BCUT2D eigenvalue weighted by Gasteiger charge is 2.21. The van der Waals surface area contributed by atoms with Crippen molar-refractivity contribution in [3.63, 3.8) is 0 Å². The lowest BCUT2D eigenvalue weighted by atomic mass is 9.97. The monoisotopic (exact) mass is 307 g/mol. The zero-order valence-electron chi connectivity index (χ0n) is 13.1. The molecule has 0 aliphatic heterocycles. The van der Waals surface area contributed by atoms with Gasteiger partial charge in [-0.05, 0) is 24.5 Å². The number of ether oxygens (including phenoxy) is 1. The Morgan fingerprint density at radius 1 is 1.33 bits per heavy atom. The van der Waals surface area contributed by atoms with Gasteiger partial charge in [0.25, 0.3) is 0 Å². The van der Waals surface area contributed by atoms with Crippen LogP contribution in [0.1, 0.15) is 32.5 Å². The van der Waals surface area contributed by atoms with Gasteiger partial charge in [0.2, 0.25) is 5.89 Å². The SMILES string of the molecule is COc1cc(SC)ccc1NCc1noc(C(C)(C)C)n1. The normalized spacial score (nSPS) is 11.5. The zero-order chi connectivity index (χ0) is 15.5. The van der Waals surface area contributed by atoms with E-state index in [1.807, 2.05) is 45.2 Å². The number of methoxy groups -OCH3 is 1. The van der Waals surface area contributed by atoms with Gasteiger partial charge >= 0.3 is 0 Å². The molecular weight excluding hydrogens is 286 g/mol. The van der Waals surface area contributed by atoms with Crippen molar-refractivity contribution >= 4 is 17.4 Å². The first kappa shape index (κ1) is 15.7. The van der Waals surface area contributed by atoms with Crippen LogP contribution in [0.4, 0.5) is 5.69 Å². The minimum absolute atomic E-state index is 0.136. The summed E-state index contributed by atoms with van der Waals surface area (Å²) in [5.74, 6) is 2.08. The highest BCUT2D eigenvalue weighted by Crippen LogP contribution is 2.29. The van der Waals surface area contributed by atoms with E-state index in [0.717, 1.165) is 16.3 Å². The second-order valence-corrected chi connectivity index (χ2v) is 6.57. The van der Waals surface area contributed by atoms with Crippen molar-refractivity contribution < 1.29 is 9.26 Å². The molecule has 5 nitrogen and oxygen atoms in total. The molecule has 0 saturated carbocycles. The molecule has 0 radical (unpaired) electrons. The third kappa shape index (κ3) is 3.91. The summed E-state index contributed by atoms with van der Waals surface area (Å²) in [7, 11) is 1.66. The Bertz CT molecular complexity index is 605. The number of thioether (sulfide) groups is 1. The van der Waals surface area contributed by atoms with E-state index < -0.39 is 0 Å². The Hall–Kier alpha value is -1.69. The molecule has 114 valence electrons. The summed E-state index contributed by atoms with van der Waals surface area (Å²) in [6, 6.07) is 6.05. The third-order valence-electron chi connectivity index (χ3n) is 2.96. The van der Waals surface area contributed by atoms with Crippen molar-refractivity contribution in [2.45, 2.75) is 37.6 Å². The molecule has 0 spiro atoms. The summed E-state index contributed by atoms with van der Waals surface area (Å²) in [4.78, 5) is 5.56. The van der Waals surface area contributed by atoms with Gasteiger partial charge in [0.05, 0.1) is 19.3 Å². The minimum atomic E-state index is -0.136. The van der Waals surface area contributed by atoms with Crippen molar-refractivity contribution in [1.29, 1.82) is 0 Å².